The van der Waals surface area contributed by atoms with Crippen LogP contribution >= 0.6 is 0 Å². The summed E-state index contributed by atoms with van der Waals surface area (Å²) in [5, 5.41) is 3.83. The highest BCUT2D eigenvalue weighted by Gasteiger charge is 2.13. The summed E-state index contributed by atoms with van der Waals surface area (Å²) in [4.78, 5) is 6.03. The van der Waals surface area contributed by atoms with Crippen molar-refractivity contribution >= 4 is 5.95 Å². The summed E-state index contributed by atoms with van der Waals surface area (Å²) in [5.74, 6) is 1.81. The van der Waals surface area contributed by atoms with E-state index in [1.165, 1.54) is 0 Å². The second kappa shape index (κ2) is 5.11. The number of hydrogen-bond donors (Lipinski definition) is 1. The van der Waals surface area contributed by atoms with Crippen LogP contribution in [0.15, 0.2) is 4.52 Å². The zero-order chi connectivity index (χ0) is 11.4. The zero-order valence-electron chi connectivity index (χ0n) is 9.90. The normalized spacial score (nSPS) is 13.2. The Morgan fingerprint density at radius 1 is 1.40 bits per heavy atom. The van der Waals surface area contributed by atoms with E-state index in [0.29, 0.717) is 24.2 Å². The monoisotopic (exact) mass is 212 g/mol. The quantitative estimate of drug-likeness (QED) is 0.790. The van der Waals surface area contributed by atoms with Crippen molar-refractivity contribution in [1.82, 2.24) is 10.1 Å². The van der Waals surface area contributed by atoms with Gasteiger partial charge in [0.25, 0.3) is 5.95 Å². The highest BCUT2D eigenvalue weighted by Crippen LogP contribution is 2.10. The summed E-state index contributed by atoms with van der Waals surface area (Å²) < 4.78 is 5.10. The molecule has 0 saturated carbocycles. The van der Waals surface area contributed by atoms with E-state index < -0.39 is 0 Å². The molecule has 1 atom stereocenters. The molecular weight excluding hydrogens is 192 g/mol. The number of aromatic nitrogens is 2. The van der Waals surface area contributed by atoms with Gasteiger partial charge in [0.2, 0.25) is 5.89 Å². The number of hydrogen-bond acceptors (Lipinski definition) is 5. The molecule has 5 heteroatoms. The van der Waals surface area contributed by atoms with Crippen LogP contribution in [-0.4, -0.2) is 30.3 Å². The van der Waals surface area contributed by atoms with Gasteiger partial charge in [-0.3, -0.25) is 0 Å². The number of rotatable bonds is 5. The molecule has 0 spiro atoms. The molecule has 1 heterocycles. The Morgan fingerprint density at radius 2 is 2.07 bits per heavy atom. The van der Waals surface area contributed by atoms with Crippen LogP contribution in [0.3, 0.4) is 0 Å². The van der Waals surface area contributed by atoms with Crippen molar-refractivity contribution in [3.05, 3.63) is 5.89 Å². The predicted octanol–water partition coefficient (Wildman–Crippen LogP) is 1.05. The SMILES string of the molecule is CC(C)CC(N)Cc1nc(N(C)C)no1. The summed E-state index contributed by atoms with van der Waals surface area (Å²) in [7, 11) is 3.76. The Kier molecular flexibility index (Phi) is 4.08. The third-order valence-corrected chi connectivity index (χ3v) is 2.07. The van der Waals surface area contributed by atoms with E-state index in [-0.39, 0.29) is 6.04 Å². The first-order chi connectivity index (χ1) is 6.99. The van der Waals surface area contributed by atoms with Gasteiger partial charge in [0.05, 0.1) is 0 Å². The number of anilines is 1. The van der Waals surface area contributed by atoms with Crippen molar-refractivity contribution in [2.75, 3.05) is 19.0 Å². The van der Waals surface area contributed by atoms with E-state index in [4.69, 9.17) is 10.3 Å². The second-order valence-corrected chi connectivity index (χ2v) is 4.48. The molecule has 1 aromatic rings. The molecule has 0 aliphatic rings. The minimum atomic E-state index is 0.0977. The summed E-state index contributed by atoms with van der Waals surface area (Å²) in [5.41, 5.74) is 5.95. The molecule has 1 aromatic heterocycles. The Bertz CT molecular complexity index is 295. The van der Waals surface area contributed by atoms with E-state index in [2.05, 4.69) is 24.0 Å². The Morgan fingerprint density at radius 3 is 2.53 bits per heavy atom. The first kappa shape index (κ1) is 12.0. The minimum absolute atomic E-state index is 0.0977. The Labute approximate surface area is 90.6 Å². The third-order valence-electron chi connectivity index (χ3n) is 2.07. The molecular formula is C10H20N4O. The zero-order valence-corrected chi connectivity index (χ0v) is 9.90. The third kappa shape index (κ3) is 3.87. The molecule has 2 N–H and O–H groups in total. The van der Waals surface area contributed by atoms with Gasteiger partial charge in [0.1, 0.15) is 0 Å². The minimum Gasteiger partial charge on any atom is -0.344 e. The lowest BCUT2D eigenvalue weighted by Gasteiger charge is -2.10. The van der Waals surface area contributed by atoms with Gasteiger partial charge in [0.15, 0.2) is 0 Å². The van der Waals surface area contributed by atoms with Gasteiger partial charge in [0, 0.05) is 26.6 Å². The number of nitrogens with zero attached hydrogens (tertiary/aromatic N) is 3. The van der Waals surface area contributed by atoms with Crippen molar-refractivity contribution < 1.29 is 4.52 Å². The van der Waals surface area contributed by atoms with Crippen LogP contribution in [-0.2, 0) is 6.42 Å². The molecule has 0 amide bonds. The maximum absolute atomic E-state index is 5.95. The second-order valence-electron chi connectivity index (χ2n) is 4.48. The average Bonchev–Trinajstić information content (AvgIpc) is 2.50. The van der Waals surface area contributed by atoms with Crippen molar-refractivity contribution in [2.24, 2.45) is 11.7 Å². The van der Waals surface area contributed by atoms with Crippen molar-refractivity contribution in [3.8, 4) is 0 Å². The van der Waals surface area contributed by atoms with Gasteiger partial charge < -0.3 is 15.2 Å². The number of nitrogens with two attached hydrogens (primary N) is 1. The topological polar surface area (TPSA) is 68.2 Å². The maximum Gasteiger partial charge on any atom is 0.265 e. The molecule has 1 unspecified atom stereocenters. The molecule has 0 fully saturated rings. The fourth-order valence-electron chi connectivity index (χ4n) is 1.42. The molecule has 0 aliphatic heterocycles. The van der Waals surface area contributed by atoms with Gasteiger partial charge in [-0.05, 0) is 17.5 Å². The molecule has 0 radical (unpaired) electrons. The predicted molar refractivity (Wildman–Crippen MR) is 59.8 cm³/mol. The first-order valence-corrected chi connectivity index (χ1v) is 5.24. The molecule has 0 aromatic carbocycles. The van der Waals surface area contributed by atoms with Crippen molar-refractivity contribution in [3.63, 3.8) is 0 Å². The lowest BCUT2D eigenvalue weighted by atomic mass is 10.0. The molecule has 86 valence electrons. The van der Waals surface area contributed by atoms with Crippen LogP contribution < -0.4 is 10.6 Å². The van der Waals surface area contributed by atoms with Crippen LogP contribution in [0.4, 0.5) is 5.95 Å². The molecule has 15 heavy (non-hydrogen) atoms. The van der Waals surface area contributed by atoms with Gasteiger partial charge in [-0.15, -0.1) is 0 Å². The molecule has 0 aliphatic carbocycles. The maximum atomic E-state index is 5.95. The molecule has 0 bridgehead atoms. The lowest BCUT2D eigenvalue weighted by molar-refractivity contribution is 0.358. The van der Waals surface area contributed by atoms with Gasteiger partial charge in [-0.1, -0.05) is 13.8 Å². The van der Waals surface area contributed by atoms with E-state index >= 15 is 0 Å². The van der Waals surface area contributed by atoms with Gasteiger partial charge in [-0.25, -0.2) is 0 Å². The van der Waals surface area contributed by atoms with E-state index in [0.717, 1.165) is 6.42 Å². The van der Waals surface area contributed by atoms with Gasteiger partial charge >= 0.3 is 0 Å². The average molecular weight is 212 g/mol. The summed E-state index contributed by atoms with van der Waals surface area (Å²) >= 11 is 0. The summed E-state index contributed by atoms with van der Waals surface area (Å²) in [6.07, 6.45) is 1.62. The van der Waals surface area contributed by atoms with Crippen molar-refractivity contribution in [2.45, 2.75) is 32.7 Å². The van der Waals surface area contributed by atoms with E-state index in [1.807, 2.05) is 14.1 Å². The van der Waals surface area contributed by atoms with Gasteiger partial charge in [-0.2, -0.15) is 4.98 Å². The Hall–Kier alpha value is -1.10. The highest BCUT2D eigenvalue weighted by molar-refractivity contribution is 5.23. The fourth-order valence-corrected chi connectivity index (χ4v) is 1.42. The highest BCUT2D eigenvalue weighted by atomic mass is 16.5. The first-order valence-electron chi connectivity index (χ1n) is 5.24. The Balaban J connectivity index is 2.49. The summed E-state index contributed by atoms with van der Waals surface area (Å²) in [6.45, 7) is 4.30. The van der Waals surface area contributed by atoms with Crippen LogP contribution in [0, 0.1) is 5.92 Å². The van der Waals surface area contributed by atoms with Crippen LogP contribution in [0.1, 0.15) is 26.2 Å². The lowest BCUT2D eigenvalue weighted by Crippen LogP contribution is -2.24. The fraction of sp³-hybridized carbons (Fsp3) is 0.800. The van der Waals surface area contributed by atoms with Crippen LogP contribution in [0.25, 0.3) is 0 Å². The summed E-state index contributed by atoms with van der Waals surface area (Å²) in [6, 6.07) is 0.0977. The smallest absolute Gasteiger partial charge is 0.265 e. The van der Waals surface area contributed by atoms with E-state index in [9.17, 15) is 0 Å². The largest absolute Gasteiger partial charge is 0.344 e. The van der Waals surface area contributed by atoms with Crippen LogP contribution in [0.2, 0.25) is 0 Å². The van der Waals surface area contributed by atoms with Crippen molar-refractivity contribution in [1.29, 1.82) is 0 Å². The van der Waals surface area contributed by atoms with Crippen LogP contribution in [0.5, 0.6) is 0 Å². The standard InChI is InChI=1S/C10H20N4O/c1-7(2)5-8(11)6-9-12-10(13-15-9)14(3)4/h7-8H,5-6,11H2,1-4H3. The molecule has 0 saturated heterocycles. The molecule has 1 rings (SSSR count). The molecule has 5 nitrogen and oxygen atoms in total. The van der Waals surface area contributed by atoms with E-state index in [1.54, 1.807) is 4.90 Å².